The molecule has 0 aromatic heterocycles. The van der Waals surface area contributed by atoms with Gasteiger partial charge in [0.2, 0.25) is 0 Å². The molecule has 0 aliphatic carbocycles. The average molecular weight is 497 g/mol. The number of benzene rings is 4. The first-order valence-electron chi connectivity index (χ1n) is 13.0. The molecule has 4 aromatic carbocycles. The summed E-state index contributed by atoms with van der Waals surface area (Å²) in [5.41, 5.74) is 5.77. The van der Waals surface area contributed by atoms with Crippen LogP contribution in [0.1, 0.15) is 64.5 Å². The molecule has 3 atom stereocenters. The van der Waals surface area contributed by atoms with Crippen LogP contribution in [0.5, 0.6) is 0 Å². The topological polar surface area (TPSA) is 61.4 Å². The fourth-order valence-corrected chi connectivity index (χ4v) is 5.80. The lowest BCUT2D eigenvalue weighted by molar-refractivity contribution is 0.0696. The predicted molar refractivity (Wildman–Crippen MR) is 148 cm³/mol. The minimum atomic E-state index is -0.890. The second-order valence-electron chi connectivity index (χ2n) is 10.1. The van der Waals surface area contributed by atoms with Crippen molar-refractivity contribution in [3.8, 4) is 0 Å². The summed E-state index contributed by atoms with van der Waals surface area (Å²) in [6.07, 6.45) is 2.92. The average Bonchev–Trinajstić information content (AvgIpc) is 2.91. The Balaban J connectivity index is 1.31. The highest BCUT2D eigenvalue weighted by atomic mass is 19.1. The zero-order chi connectivity index (χ0) is 25.9. The molecule has 4 aromatic rings. The van der Waals surface area contributed by atoms with Crippen LogP contribution in [-0.2, 0) is 6.42 Å². The Labute approximate surface area is 217 Å². The monoisotopic (exact) mass is 496 g/mol. The molecule has 5 heteroatoms. The number of anilines is 1. The summed E-state index contributed by atoms with van der Waals surface area (Å²) in [5.74, 6) is -0.745. The molecule has 1 aliphatic heterocycles. The predicted octanol–water partition coefficient (Wildman–Crippen LogP) is 7.44. The molecule has 2 unspecified atom stereocenters. The van der Waals surface area contributed by atoms with E-state index in [9.17, 15) is 14.3 Å². The zero-order valence-corrected chi connectivity index (χ0v) is 21.3. The van der Waals surface area contributed by atoms with Crippen molar-refractivity contribution < 1.29 is 14.3 Å². The number of carboxylic acid groups (broad SMARTS) is 1. The van der Waals surface area contributed by atoms with Crippen LogP contribution in [0.4, 0.5) is 10.1 Å². The standard InChI is InChI=1S/C32H33FN2O2/c1-20-24(13-7-14-25(20)32(36)37)31-23(19-22-9-3-6-15-30(22)35-31)10-8-18-34-21(2)26-16-17-29(33)28-12-5-4-11-27(26)28/h3-7,9,11-17,21,23,31,34-35H,8,10,18-19H2,1-2H3,(H,36,37)/t21-,23?,31?/m1/s1. The highest BCUT2D eigenvalue weighted by Gasteiger charge is 2.30. The third-order valence-corrected chi connectivity index (χ3v) is 7.80. The third kappa shape index (κ3) is 5.09. The maximum absolute atomic E-state index is 14.3. The van der Waals surface area contributed by atoms with Gasteiger partial charge in [0.15, 0.2) is 0 Å². The Morgan fingerprint density at radius 1 is 1.03 bits per heavy atom. The van der Waals surface area contributed by atoms with Gasteiger partial charge in [0.05, 0.1) is 11.6 Å². The minimum Gasteiger partial charge on any atom is -0.478 e. The van der Waals surface area contributed by atoms with Crippen molar-refractivity contribution in [2.24, 2.45) is 5.92 Å². The summed E-state index contributed by atoms with van der Waals surface area (Å²) in [5, 5.41) is 18.6. The Kier molecular flexibility index (Phi) is 7.24. The molecule has 190 valence electrons. The van der Waals surface area contributed by atoms with Crippen LogP contribution < -0.4 is 10.6 Å². The summed E-state index contributed by atoms with van der Waals surface area (Å²) in [7, 11) is 0. The van der Waals surface area contributed by atoms with Gasteiger partial charge in [0, 0.05) is 17.1 Å². The quantitative estimate of drug-likeness (QED) is 0.222. The minimum absolute atomic E-state index is 0.0488. The molecule has 0 saturated heterocycles. The number of carbonyl (C=O) groups is 1. The molecule has 3 N–H and O–H groups in total. The second kappa shape index (κ2) is 10.7. The van der Waals surface area contributed by atoms with Gasteiger partial charge in [-0.1, -0.05) is 60.7 Å². The van der Waals surface area contributed by atoms with Crippen LogP contribution >= 0.6 is 0 Å². The highest BCUT2D eigenvalue weighted by molar-refractivity contribution is 5.90. The van der Waals surface area contributed by atoms with Gasteiger partial charge in [0.25, 0.3) is 0 Å². The van der Waals surface area contributed by atoms with Crippen molar-refractivity contribution in [1.82, 2.24) is 5.32 Å². The fraction of sp³-hybridized carbons (Fsp3) is 0.281. The first-order chi connectivity index (χ1) is 17.9. The van der Waals surface area contributed by atoms with E-state index in [1.165, 1.54) is 5.56 Å². The number of rotatable bonds is 8. The Hall–Kier alpha value is -3.70. The van der Waals surface area contributed by atoms with Crippen LogP contribution in [-0.4, -0.2) is 17.6 Å². The van der Waals surface area contributed by atoms with E-state index in [2.05, 4.69) is 41.8 Å². The lowest BCUT2D eigenvalue weighted by atomic mass is 9.79. The Morgan fingerprint density at radius 3 is 2.59 bits per heavy atom. The molecule has 5 rings (SSSR count). The van der Waals surface area contributed by atoms with Crippen LogP contribution in [0.25, 0.3) is 10.8 Å². The summed E-state index contributed by atoms with van der Waals surface area (Å²) < 4.78 is 14.3. The van der Waals surface area contributed by atoms with Crippen molar-refractivity contribution in [1.29, 1.82) is 0 Å². The molecule has 37 heavy (non-hydrogen) atoms. The van der Waals surface area contributed by atoms with E-state index in [1.807, 2.05) is 49.4 Å². The lowest BCUT2D eigenvalue weighted by Crippen LogP contribution is -2.30. The van der Waals surface area contributed by atoms with Gasteiger partial charge in [-0.05, 0) is 91.4 Å². The van der Waals surface area contributed by atoms with Gasteiger partial charge in [-0.15, -0.1) is 0 Å². The first kappa shape index (κ1) is 25.0. The van der Waals surface area contributed by atoms with Gasteiger partial charge >= 0.3 is 5.97 Å². The summed E-state index contributed by atoms with van der Waals surface area (Å²) in [4.78, 5) is 11.8. The normalized spacial score (nSPS) is 17.7. The van der Waals surface area contributed by atoms with Gasteiger partial charge < -0.3 is 15.7 Å². The third-order valence-electron chi connectivity index (χ3n) is 7.80. The molecule has 0 saturated carbocycles. The molecule has 1 heterocycles. The van der Waals surface area contributed by atoms with Gasteiger partial charge in [-0.25, -0.2) is 9.18 Å². The number of hydrogen-bond acceptors (Lipinski definition) is 3. The summed E-state index contributed by atoms with van der Waals surface area (Å²) in [6.45, 7) is 4.88. The van der Waals surface area contributed by atoms with Gasteiger partial charge in [0.1, 0.15) is 5.82 Å². The van der Waals surface area contributed by atoms with E-state index in [0.29, 0.717) is 16.9 Å². The molecule has 0 radical (unpaired) electrons. The number of hydrogen-bond donors (Lipinski definition) is 3. The number of carboxylic acids is 1. The van der Waals surface area contributed by atoms with Crippen LogP contribution in [0, 0.1) is 18.7 Å². The first-order valence-corrected chi connectivity index (χ1v) is 13.0. The van der Waals surface area contributed by atoms with E-state index in [1.54, 1.807) is 12.1 Å². The SMILES string of the molecule is Cc1c(C(=O)O)cccc1C1Nc2ccccc2CC1CCCN[C@H](C)c1ccc(F)c2ccccc12. The molecule has 0 amide bonds. The molecule has 0 fully saturated rings. The fourth-order valence-electron chi connectivity index (χ4n) is 5.80. The van der Waals surface area contributed by atoms with Crippen molar-refractivity contribution in [3.63, 3.8) is 0 Å². The van der Waals surface area contributed by atoms with Crippen LogP contribution in [0.3, 0.4) is 0 Å². The van der Waals surface area contributed by atoms with E-state index in [4.69, 9.17) is 0 Å². The summed E-state index contributed by atoms with van der Waals surface area (Å²) >= 11 is 0. The van der Waals surface area contributed by atoms with E-state index in [0.717, 1.165) is 53.6 Å². The van der Waals surface area contributed by atoms with Crippen LogP contribution in [0.2, 0.25) is 0 Å². The Morgan fingerprint density at radius 2 is 1.78 bits per heavy atom. The molecule has 4 nitrogen and oxygen atoms in total. The maximum Gasteiger partial charge on any atom is 0.335 e. The van der Waals surface area contributed by atoms with E-state index in [-0.39, 0.29) is 17.9 Å². The maximum atomic E-state index is 14.3. The van der Waals surface area contributed by atoms with Crippen molar-refractivity contribution in [3.05, 3.63) is 112 Å². The number of fused-ring (bicyclic) bond motifs is 2. The smallest absolute Gasteiger partial charge is 0.335 e. The molecule has 1 aliphatic rings. The number of para-hydroxylation sites is 1. The number of aromatic carboxylic acids is 1. The summed E-state index contributed by atoms with van der Waals surface area (Å²) in [6, 6.07) is 25.2. The molecule has 0 bridgehead atoms. The van der Waals surface area contributed by atoms with Gasteiger partial charge in [-0.3, -0.25) is 0 Å². The van der Waals surface area contributed by atoms with Gasteiger partial charge in [-0.2, -0.15) is 0 Å². The molecular formula is C32H33FN2O2. The van der Waals surface area contributed by atoms with Crippen molar-refractivity contribution in [2.45, 2.75) is 45.2 Å². The molecular weight excluding hydrogens is 463 g/mol. The largest absolute Gasteiger partial charge is 0.478 e. The van der Waals surface area contributed by atoms with Crippen molar-refractivity contribution >= 4 is 22.4 Å². The van der Waals surface area contributed by atoms with E-state index >= 15 is 0 Å². The highest BCUT2D eigenvalue weighted by Crippen LogP contribution is 2.40. The number of nitrogens with one attached hydrogen (secondary N) is 2. The van der Waals surface area contributed by atoms with Crippen LogP contribution in [0.15, 0.2) is 78.9 Å². The van der Waals surface area contributed by atoms with Crippen molar-refractivity contribution in [2.75, 3.05) is 11.9 Å². The number of halogens is 1. The second-order valence-corrected chi connectivity index (χ2v) is 10.1. The van der Waals surface area contributed by atoms with E-state index < -0.39 is 5.97 Å². The zero-order valence-electron chi connectivity index (χ0n) is 21.3. The lowest BCUT2D eigenvalue weighted by Gasteiger charge is -2.36. The molecule has 0 spiro atoms. The Bertz CT molecular complexity index is 1430.